The highest BCUT2D eigenvalue weighted by Gasteiger charge is 2.37. The van der Waals surface area contributed by atoms with Crippen LogP contribution in [0.5, 0.6) is 0 Å². The first-order chi connectivity index (χ1) is 12.3. The van der Waals surface area contributed by atoms with Gasteiger partial charge >= 0.3 is 0 Å². The summed E-state index contributed by atoms with van der Waals surface area (Å²) >= 11 is 0. The summed E-state index contributed by atoms with van der Waals surface area (Å²) in [6, 6.07) is 14.2. The van der Waals surface area contributed by atoms with Crippen molar-refractivity contribution in [3.05, 3.63) is 60.4 Å². The van der Waals surface area contributed by atoms with Gasteiger partial charge in [0.15, 0.2) is 0 Å². The summed E-state index contributed by atoms with van der Waals surface area (Å²) in [6.45, 7) is 5.69. The molecular weight excluding hydrogens is 312 g/mol. The van der Waals surface area contributed by atoms with Crippen molar-refractivity contribution < 1.29 is 4.79 Å². The van der Waals surface area contributed by atoms with E-state index in [1.165, 1.54) is 5.56 Å². The third-order valence-corrected chi connectivity index (χ3v) is 5.22. The van der Waals surface area contributed by atoms with Gasteiger partial charge in [-0.25, -0.2) is 0 Å². The SMILES string of the molecule is O=C1C(N2CCN(Cc3cccnc3)CC2)CCN1c1ccccc1. The fraction of sp³-hybridized carbons (Fsp3) is 0.400. The molecule has 1 atom stereocenters. The highest BCUT2D eigenvalue weighted by atomic mass is 16.2. The number of nitrogens with zero attached hydrogens (tertiary/aromatic N) is 4. The summed E-state index contributed by atoms with van der Waals surface area (Å²) in [5.41, 5.74) is 2.27. The number of pyridine rings is 1. The highest BCUT2D eigenvalue weighted by molar-refractivity contribution is 5.99. The van der Waals surface area contributed by atoms with Crippen molar-refractivity contribution >= 4 is 11.6 Å². The quantitative estimate of drug-likeness (QED) is 0.856. The summed E-state index contributed by atoms with van der Waals surface area (Å²) in [5, 5.41) is 0. The Hall–Kier alpha value is -2.24. The molecule has 2 aliphatic heterocycles. The van der Waals surface area contributed by atoms with Gasteiger partial charge in [-0.2, -0.15) is 0 Å². The van der Waals surface area contributed by atoms with Gasteiger partial charge in [0.25, 0.3) is 0 Å². The summed E-state index contributed by atoms with van der Waals surface area (Å²) in [6.07, 6.45) is 4.67. The van der Waals surface area contributed by atoms with Crippen LogP contribution < -0.4 is 4.90 Å². The zero-order valence-corrected chi connectivity index (χ0v) is 14.4. The van der Waals surface area contributed by atoms with Gasteiger partial charge in [0.1, 0.15) is 0 Å². The van der Waals surface area contributed by atoms with E-state index in [0.29, 0.717) is 0 Å². The van der Waals surface area contributed by atoms with Crippen molar-refractivity contribution in [1.29, 1.82) is 0 Å². The molecular formula is C20H24N4O. The van der Waals surface area contributed by atoms with Crippen LogP contribution in [0.25, 0.3) is 0 Å². The van der Waals surface area contributed by atoms with Crippen molar-refractivity contribution in [2.45, 2.75) is 19.0 Å². The molecule has 5 nitrogen and oxygen atoms in total. The van der Waals surface area contributed by atoms with Gasteiger partial charge in [0.2, 0.25) is 5.91 Å². The van der Waals surface area contributed by atoms with Crippen molar-refractivity contribution in [2.24, 2.45) is 0 Å². The molecule has 2 aliphatic rings. The Kier molecular flexibility index (Phi) is 4.76. The fourth-order valence-corrected chi connectivity index (χ4v) is 3.85. The van der Waals surface area contributed by atoms with Gasteiger partial charge in [0, 0.05) is 57.3 Å². The largest absolute Gasteiger partial charge is 0.311 e. The molecule has 0 N–H and O–H groups in total. The summed E-state index contributed by atoms with van der Waals surface area (Å²) in [4.78, 5) is 23.8. The first kappa shape index (κ1) is 16.2. The zero-order valence-electron chi connectivity index (χ0n) is 14.4. The molecule has 0 aliphatic carbocycles. The number of hydrogen-bond acceptors (Lipinski definition) is 4. The number of rotatable bonds is 4. The molecule has 3 heterocycles. The molecule has 2 fully saturated rings. The summed E-state index contributed by atoms with van der Waals surface area (Å²) in [5.74, 6) is 0.256. The van der Waals surface area contributed by atoms with E-state index in [-0.39, 0.29) is 11.9 Å². The topological polar surface area (TPSA) is 39.7 Å². The first-order valence-electron chi connectivity index (χ1n) is 9.03. The minimum atomic E-state index is 0.0424. The molecule has 0 saturated carbocycles. The number of hydrogen-bond donors (Lipinski definition) is 0. The molecule has 0 bridgehead atoms. The minimum absolute atomic E-state index is 0.0424. The van der Waals surface area contributed by atoms with Crippen LogP contribution in [0.1, 0.15) is 12.0 Å². The van der Waals surface area contributed by atoms with E-state index in [2.05, 4.69) is 20.9 Å². The number of amides is 1. The fourth-order valence-electron chi connectivity index (χ4n) is 3.85. The Morgan fingerprint density at radius 2 is 1.76 bits per heavy atom. The second-order valence-electron chi connectivity index (χ2n) is 6.80. The second-order valence-corrected chi connectivity index (χ2v) is 6.80. The van der Waals surface area contributed by atoms with Crippen molar-refractivity contribution in [3.8, 4) is 0 Å². The maximum absolute atomic E-state index is 12.8. The van der Waals surface area contributed by atoms with Crippen molar-refractivity contribution in [2.75, 3.05) is 37.6 Å². The predicted octanol–water partition coefficient (Wildman–Crippen LogP) is 2.00. The standard InChI is InChI=1S/C20H24N4O/c25-20-19(8-10-24(20)18-6-2-1-3-7-18)23-13-11-22(12-14-23)16-17-5-4-9-21-15-17/h1-7,9,15,19H,8,10-14,16H2. The Bertz CT molecular complexity index is 698. The lowest BCUT2D eigenvalue weighted by molar-refractivity contribution is -0.122. The Balaban J connectivity index is 1.33. The Morgan fingerprint density at radius 1 is 0.960 bits per heavy atom. The highest BCUT2D eigenvalue weighted by Crippen LogP contribution is 2.25. The number of benzene rings is 1. The Morgan fingerprint density at radius 3 is 2.48 bits per heavy atom. The molecule has 5 heteroatoms. The number of anilines is 1. The molecule has 1 aromatic heterocycles. The average Bonchev–Trinajstić information content (AvgIpc) is 3.05. The van der Waals surface area contributed by atoms with Crippen LogP contribution in [-0.2, 0) is 11.3 Å². The number of carbonyl (C=O) groups is 1. The van der Waals surface area contributed by atoms with Crippen LogP contribution in [0.2, 0.25) is 0 Å². The van der Waals surface area contributed by atoms with Crippen molar-refractivity contribution in [1.82, 2.24) is 14.8 Å². The van der Waals surface area contributed by atoms with Crippen LogP contribution in [0, 0.1) is 0 Å². The van der Waals surface area contributed by atoms with E-state index in [1.807, 2.05) is 53.7 Å². The van der Waals surface area contributed by atoms with E-state index in [9.17, 15) is 4.79 Å². The molecule has 0 spiro atoms. The van der Waals surface area contributed by atoms with E-state index >= 15 is 0 Å². The van der Waals surface area contributed by atoms with E-state index in [1.54, 1.807) is 0 Å². The van der Waals surface area contributed by atoms with Crippen LogP contribution in [0.3, 0.4) is 0 Å². The third kappa shape index (κ3) is 3.57. The molecule has 2 saturated heterocycles. The van der Waals surface area contributed by atoms with E-state index in [4.69, 9.17) is 0 Å². The van der Waals surface area contributed by atoms with Crippen molar-refractivity contribution in [3.63, 3.8) is 0 Å². The van der Waals surface area contributed by atoms with Crippen LogP contribution in [0.4, 0.5) is 5.69 Å². The molecule has 1 aromatic carbocycles. The lowest BCUT2D eigenvalue weighted by atomic mass is 10.1. The van der Waals surface area contributed by atoms with Gasteiger partial charge in [-0.1, -0.05) is 24.3 Å². The van der Waals surface area contributed by atoms with Crippen LogP contribution in [0.15, 0.2) is 54.9 Å². The number of carbonyl (C=O) groups excluding carboxylic acids is 1. The third-order valence-electron chi connectivity index (χ3n) is 5.22. The second kappa shape index (κ2) is 7.33. The van der Waals surface area contributed by atoms with Crippen LogP contribution >= 0.6 is 0 Å². The molecule has 2 aromatic rings. The van der Waals surface area contributed by atoms with Gasteiger partial charge < -0.3 is 4.90 Å². The summed E-state index contributed by atoms with van der Waals surface area (Å²) < 4.78 is 0. The monoisotopic (exact) mass is 336 g/mol. The van der Waals surface area contributed by atoms with Gasteiger partial charge in [-0.05, 0) is 30.2 Å². The maximum atomic E-state index is 12.8. The van der Waals surface area contributed by atoms with Gasteiger partial charge in [0.05, 0.1) is 6.04 Å². The molecule has 1 amide bonds. The number of para-hydroxylation sites is 1. The molecule has 25 heavy (non-hydrogen) atoms. The van der Waals surface area contributed by atoms with Gasteiger partial charge in [-0.15, -0.1) is 0 Å². The van der Waals surface area contributed by atoms with Crippen LogP contribution in [-0.4, -0.2) is 59.5 Å². The first-order valence-corrected chi connectivity index (χ1v) is 9.03. The van der Waals surface area contributed by atoms with E-state index in [0.717, 1.165) is 51.4 Å². The lowest BCUT2D eigenvalue weighted by Gasteiger charge is -2.37. The maximum Gasteiger partial charge on any atom is 0.244 e. The molecule has 4 rings (SSSR count). The van der Waals surface area contributed by atoms with E-state index < -0.39 is 0 Å². The Labute approximate surface area is 148 Å². The van der Waals surface area contributed by atoms with Gasteiger partial charge in [-0.3, -0.25) is 19.6 Å². The lowest BCUT2D eigenvalue weighted by Crippen LogP contribution is -2.52. The number of aromatic nitrogens is 1. The zero-order chi connectivity index (χ0) is 17.1. The normalized spacial score (nSPS) is 22.5. The molecule has 130 valence electrons. The molecule has 0 radical (unpaired) electrons. The summed E-state index contributed by atoms with van der Waals surface area (Å²) in [7, 11) is 0. The molecule has 1 unspecified atom stereocenters. The number of piperazine rings is 1. The smallest absolute Gasteiger partial charge is 0.244 e. The average molecular weight is 336 g/mol. The predicted molar refractivity (Wildman–Crippen MR) is 98.3 cm³/mol. The minimum Gasteiger partial charge on any atom is -0.311 e.